The minimum absolute atomic E-state index is 0. The maximum Gasteiger partial charge on any atom is 1.00 e. The van der Waals surface area contributed by atoms with Crippen LogP contribution in [0.5, 0.6) is 0 Å². The number of aliphatic hydroxyl groups excluding tert-OH is 2. The third-order valence-electron chi connectivity index (χ3n) is 4.69. The fraction of sp³-hybridized carbons (Fsp3) is 0.909. The van der Waals surface area contributed by atoms with Gasteiger partial charge in [0.15, 0.2) is 0 Å². The minimum atomic E-state index is -0.833. The third-order valence-corrected chi connectivity index (χ3v) is 4.69. The molecule has 7 nitrogen and oxygen atoms in total. The van der Waals surface area contributed by atoms with Crippen LogP contribution in [0, 0.1) is 0 Å². The van der Waals surface area contributed by atoms with Crippen molar-refractivity contribution < 1.29 is 75.9 Å². The molecule has 0 saturated carbocycles. The van der Waals surface area contributed by atoms with E-state index in [-0.39, 0.29) is 70.6 Å². The van der Waals surface area contributed by atoms with Crippen molar-refractivity contribution in [1.82, 2.24) is 0 Å². The number of carbonyl (C=O) groups is 2. The first-order valence-corrected chi connectivity index (χ1v) is 11.4. The van der Waals surface area contributed by atoms with Crippen molar-refractivity contribution in [3.05, 3.63) is 0 Å². The fourth-order valence-corrected chi connectivity index (χ4v) is 3.02. The number of aliphatic hydroxyl groups is 2. The first-order chi connectivity index (χ1) is 14.0. The summed E-state index contributed by atoms with van der Waals surface area (Å²) in [7, 11) is 0. The summed E-state index contributed by atoms with van der Waals surface area (Å²) in [6, 6.07) is -0.833. The van der Waals surface area contributed by atoms with Crippen LogP contribution >= 0.6 is 0 Å². The van der Waals surface area contributed by atoms with E-state index in [0.29, 0.717) is 6.42 Å². The van der Waals surface area contributed by atoms with E-state index in [0.717, 1.165) is 12.8 Å². The number of primary amides is 2. The molecule has 2 amide bonds. The molecule has 0 fully saturated rings. The number of hydrogen-bond acceptors (Lipinski definition) is 5. The van der Waals surface area contributed by atoms with Gasteiger partial charge in [-0.25, -0.2) is 4.79 Å². The third kappa shape index (κ3) is 32.9. The zero-order valence-corrected chi connectivity index (χ0v) is 22.7. The van der Waals surface area contributed by atoms with E-state index < -0.39 is 12.1 Å². The molecule has 8 heteroatoms. The number of rotatable bonds is 19. The summed E-state index contributed by atoms with van der Waals surface area (Å²) in [6.07, 6.45) is 19.1. The molecular weight excluding hydrogens is 411 g/mol. The predicted molar refractivity (Wildman–Crippen MR) is 117 cm³/mol. The molecule has 0 aliphatic rings. The summed E-state index contributed by atoms with van der Waals surface area (Å²) in [5.74, 6) is -0.317. The fourth-order valence-electron chi connectivity index (χ4n) is 3.02. The van der Waals surface area contributed by atoms with Crippen LogP contribution in [0.25, 0.3) is 0 Å². The van der Waals surface area contributed by atoms with E-state index in [1.54, 1.807) is 0 Å². The Hall–Kier alpha value is 0.296. The first-order valence-electron chi connectivity index (χ1n) is 11.4. The van der Waals surface area contributed by atoms with Gasteiger partial charge in [0.25, 0.3) is 0 Å². The molecule has 0 aromatic rings. The van der Waals surface area contributed by atoms with Gasteiger partial charge in [-0.2, -0.15) is 0 Å². The van der Waals surface area contributed by atoms with Gasteiger partial charge in [0.2, 0.25) is 0 Å². The van der Waals surface area contributed by atoms with Crippen molar-refractivity contribution >= 4 is 12.0 Å². The van der Waals surface area contributed by atoms with E-state index in [2.05, 4.69) is 18.4 Å². The summed E-state index contributed by atoms with van der Waals surface area (Å²) in [5.41, 5.74) is 8.50. The van der Waals surface area contributed by atoms with Gasteiger partial charge in [-0.1, -0.05) is 96.8 Å². The monoisotopic (exact) mass is 457 g/mol. The largest absolute Gasteiger partial charge is 1.00 e. The van der Waals surface area contributed by atoms with Gasteiger partial charge in [0.1, 0.15) is 6.10 Å². The summed E-state index contributed by atoms with van der Waals surface area (Å²) in [6.45, 7) is 1.63. The van der Waals surface area contributed by atoms with Crippen LogP contribution < -0.4 is 62.9 Å². The summed E-state index contributed by atoms with van der Waals surface area (Å²) in [4.78, 5) is 20.5. The Labute approximate surface area is 226 Å². The topological polar surface area (TPSA) is 136 Å². The van der Waals surface area contributed by atoms with Crippen LogP contribution in [0.15, 0.2) is 0 Å². The Morgan fingerprint density at radius 2 is 1.00 bits per heavy atom. The van der Waals surface area contributed by atoms with Crippen molar-refractivity contribution in [3.63, 3.8) is 0 Å². The zero-order valence-electron chi connectivity index (χ0n) is 19.6. The van der Waals surface area contributed by atoms with Crippen LogP contribution in [-0.4, -0.2) is 41.5 Å². The Morgan fingerprint density at radius 1 is 0.700 bits per heavy atom. The molecule has 6 N–H and O–H groups in total. The number of esters is 1. The molecule has 174 valence electrons. The summed E-state index contributed by atoms with van der Waals surface area (Å²) < 4.78 is 4.93. The molecule has 0 spiro atoms. The molecule has 0 saturated heterocycles. The Morgan fingerprint density at radius 3 is 1.30 bits per heavy atom. The van der Waals surface area contributed by atoms with Crippen molar-refractivity contribution in [2.45, 2.75) is 116 Å². The predicted octanol–water partition coefficient (Wildman–Crippen LogP) is 1.17. The molecule has 0 aliphatic carbocycles. The average molecular weight is 458 g/mol. The van der Waals surface area contributed by atoms with Gasteiger partial charge < -0.3 is 26.4 Å². The second-order valence-electron chi connectivity index (χ2n) is 7.58. The summed E-state index contributed by atoms with van der Waals surface area (Å²) >= 11 is 0. The molecule has 0 rings (SSSR count). The molecule has 0 aromatic heterocycles. The van der Waals surface area contributed by atoms with Gasteiger partial charge in [0, 0.05) is 6.42 Å². The number of urea groups is 1. The molecular formula is C22H46KN2O5+. The quantitative estimate of drug-likeness (QED) is 0.131. The van der Waals surface area contributed by atoms with Gasteiger partial charge in [0.05, 0.1) is 13.2 Å². The zero-order chi connectivity index (χ0) is 22.2. The molecule has 0 radical (unpaired) electrons. The van der Waals surface area contributed by atoms with Gasteiger partial charge >= 0.3 is 63.4 Å². The van der Waals surface area contributed by atoms with Gasteiger partial charge in [-0.05, 0) is 6.42 Å². The maximum atomic E-state index is 11.5. The average Bonchev–Trinajstić information content (AvgIpc) is 2.68. The minimum Gasteiger partial charge on any atom is -0.457 e. The second-order valence-corrected chi connectivity index (χ2v) is 7.58. The van der Waals surface area contributed by atoms with Crippen LogP contribution in [0.2, 0.25) is 0 Å². The van der Waals surface area contributed by atoms with Gasteiger partial charge in [-0.3, -0.25) is 4.79 Å². The van der Waals surface area contributed by atoms with Crippen molar-refractivity contribution in [1.29, 1.82) is 0 Å². The standard InChI is InChI=1S/C21H42O4.CH4N2O.K/c1-2-3-4-5-6-7-8-9-10-11-12-13-14-15-16-17-21(24)25-20(18-22)19-23;2-1(3)4;/h20,22-23H,2-19H2,1H3;(H4,2,3,4);/q;;+1. The van der Waals surface area contributed by atoms with Crippen molar-refractivity contribution in [2.75, 3.05) is 13.2 Å². The summed E-state index contributed by atoms with van der Waals surface area (Å²) in [5, 5.41) is 17.7. The molecule has 0 unspecified atom stereocenters. The van der Waals surface area contributed by atoms with E-state index >= 15 is 0 Å². The SMILES string of the molecule is CCCCCCCCCCCCCCCCCC(=O)OC(CO)CO.NC(N)=O.[K+]. The normalized spacial score (nSPS) is 10.1. The number of unbranched alkanes of at least 4 members (excludes halogenated alkanes) is 14. The van der Waals surface area contributed by atoms with E-state index in [9.17, 15) is 4.79 Å². The maximum absolute atomic E-state index is 11.5. The molecule has 0 aromatic carbocycles. The van der Waals surface area contributed by atoms with E-state index in [1.165, 1.54) is 83.5 Å². The Balaban J connectivity index is -0.00000133. The molecule has 0 atom stereocenters. The van der Waals surface area contributed by atoms with Crippen molar-refractivity contribution in [2.24, 2.45) is 11.5 Å². The number of hydrogen-bond donors (Lipinski definition) is 4. The Kier molecular flexibility index (Phi) is 34.1. The van der Waals surface area contributed by atoms with Crippen LogP contribution in [0.4, 0.5) is 4.79 Å². The van der Waals surface area contributed by atoms with Crippen molar-refractivity contribution in [3.8, 4) is 0 Å². The molecule has 30 heavy (non-hydrogen) atoms. The molecule has 0 aliphatic heterocycles. The Bertz CT molecular complexity index is 365. The number of ether oxygens (including phenoxy) is 1. The molecule has 0 heterocycles. The van der Waals surface area contributed by atoms with Crippen LogP contribution in [0.1, 0.15) is 110 Å². The van der Waals surface area contributed by atoms with E-state index in [4.69, 9.17) is 19.7 Å². The first kappa shape index (κ1) is 34.9. The second kappa shape index (κ2) is 29.3. The van der Waals surface area contributed by atoms with Gasteiger partial charge in [-0.15, -0.1) is 0 Å². The number of carbonyl (C=O) groups excluding carboxylic acids is 2. The molecule has 0 bridgehead atoms. The number of amides is 2. The van der Waals surface area contributed by atoms with Crippen LogP contribution in [0.3, 0.4) is 0 Å². The van der Waals surface area contributed by atoms with E-state index in [1.807, 2.05) is 0 Å². The smallest absolute Gasteiger partial charge is 0.457 e. The van der Waals surface area contributed by atoms with Crippen LogP contribution in [-0.2, 0) is 9.53 Å². The number of nitrogens with two attached hydrogens (primary N) is 2.